The lowest BCUT2D eigenvalue weighted by molar-refractivity contribution is -0.156. The molecule has 11 nitrogen and oxygen atoms in total. The van der Waals surface area contributed by atoms with Crippen molar-refractivity contribution in [3.63, 3.8) is 0 Å². The summed E-state index contributed by atoms with van der Waals surface area (Å²) in [6.07, 6.45) is -1.97. The summed E-state index contributed by atoms with van der Waals surface area (Å²) in [5.74, 6) is -2.56. The van der Waals surface area contributed by atoms with Gasteiger partial charge in [0.2, 0.25) is 0 Å². The van der Waals surface area contributed by atoms with Crippen molar-refractivity contribution in [1.82, 2.24) is 9.55 Å². The number of methoxy groups -OCH3 is 1. The summed E-state index contributed by atoms with van der Waals surface area (Å²) in [7, 11) is 1.20. The summed E-state index contributed by atoms with van der Waals surface area (Å²) in [5, 5.41) is 0. The van der Waals surface area contributed by atoms with E-state index in [2.05, 4.69) is 9.72 Å². The van der Waals surface area contributed by atoms with Crippen molar-refractivity contribution < 1.29 is 33.3 Å². The summed E-state index contributed by atoms with van der Waals surface area (Å²) in [6.45, 7) is 3.66. The Morgan fingerprint density at radius 2 is 1.89 bits per heavy atom. The van der Waals surface area contributed by atoms with Gasteiger partial charge in [-0.25, -0.2) is 4.79 Å². The van der Waals surface area contributed by atoms with E-state index in [1.165, 1.54) is 34.1 Å². The summed E-state index contributed by atoms with van der Waals surface area (Å²) in [6, 6.07) is 0. The molecule has 0 radical (unpaired) electrons. The SMILES string of the molecule is COC(=O)C[C@H]1[C@H](OC(C)=O)[C@@H](n2cc(C)c(=O)[nH]c2=O)O[C@H]1COC(C)=O. The molecule has 1 aromatic heterocycles. The second kappa shape index (κ2) is 8.83. The molecule has 28 heavy (non-hydrogen) atoms. The van der Waals surface area contributed by atoms with Crippen LogP contribution in [-0.2, 0) is 33.3 Å². The van der Waals surface area contributed by atoms with Crippen LogP contribution in [0, 0.1) is 12.8 Å². The summed E-state index contributed by atoms with van der Waals surface area (Å²) in [4.78, 5) is 60.7. The van der Waals surface area contributed by atoms with Gasteiger partial charge >= 0.3 is 23.6 Å². The number of rotatable bonds is 6. The number of aromatic nitrogens is 2. The molecule has 0 unspecified atom stereocenters. The first-order chi connectivity index (χ1) is 13.1. The Hall–Kier alpha value is -2.95. The smallest absolute Gasteiger partial charge is 0.330 e. The lowest BCUT2D eigenvalue weighted by Crippen LogP contribution is -2.39. The minimum Gasteiger partial charge on any atom is -0.469 e. The number of nitrogens with one attached hydrogen (secondary N) is 1. The number of carbonyl (C=O) groups is 3. The zero-order valence-electron chi connectivity index (χ0n) is 15.9. The zero-order chi connectivity index (χ0) is 21.0. The van der Waals surface area contributed by atoms with Crippen LogP contribution in [0.4, 0.5) is 0 Å². The van der Waals surface area contributed by atoms with Crippen LogP contribution in [-0.4, -0.2) is 53.4 Å². The predicted octanol–water partition coefficient (Wildman–Crippen LogP) is -0.583. The van der Waals surface area contributed by atoms with Gasteiger partial charge in [0.25, 0.3) is 5.56 Å². The molecule has 0 spiro atoms. The molecule has 0 aliphatic carbocycles. The van der Waals surface area contributed by atoms with Gasteiger partial charge < -0.3 is 18.9 Å². The van der Waals surface area contributed by atoms with Crippen molar-refractivity contribution in [2.75, 3.05) is 13.7 Å². The molecule has 0 saturated carbocycles. The van der Waals surface area contributed by atoms with E-state index in [1.54, 1.807) is 0 Å². The quantitative estimate of drug-likeness (QED) is 0.491. The van der Waals surface area contributed by atoms with Gasteiger partial charge in [0, 0.05) is 31.5 Å². The molecule has 1 N–H and O–H groups in total. The lowest BCUT2D eigenvalue weighted by atomic mass is 9.94. The van der Waals surface area contributed by atoms with Crippen molar-refractivity contribution in [3.05, 3.63) is 32.6 Å². The molecule has 2 heterocycles. The normalized spacial score (nSPS) is 23.9. The third-order valence-corrected chi connectivity index (χ3v) is 4.30. The first-order valence-corrected chi connectivity index (χ1v) is 8.49. The molecule has 1 saturated heterocycles. The molecule has 0 aromatic carbocycles. The highest BCUT2D eigenvalue weighted by molar-refractivity contribution is 5.70. The summed E-state index contributed by atoms with van der Waals surface area (Å²) in [5.41, 5.74) is -1.11. The number of nitrogens with zero attached hydrogens (tertiary/aromatic N) is 1. The summed E-state index contributed by atoms with van der Waals surface area (Å²) >= 11 is 0. The average molecular weight is 398 g/mol. The second-order valence-corrected chi connectivity index (χ2v) is 6.36. The van der Waals surface area contributed by atoms with E-state index in [0.717, 1.165) is 4.57 Å². The minimum absolute atomic E-state index is 0.200. The van der Waals surface area contributed by atoms with Crippen molar-refractivity contribution in [2.24, 2.45) is 5.92 Å². The fourth-order valence-electron chi connectivity index (χ4n) is 3.00. The Morgan fingerprint density at radius 1 is 1.21 bits per heavy atom. The highest BCUT2D eigenvalue weighted by atomic mass is 16.6. The van der Waals surface area contributed by atoms with Crippen LogP contribution in [0.2, 0.25) is 0 Å². The van der Waals surface area contributed by atoms with E-state index < -0.39 is 53.5 Å². The van der Waals surface area contributed by atoms with Gasteiger partial charge in [-0.15, -0.1) is 0 Å². The number of ether oxygens (including phenoxy) is 4. The Labute approximate surface area is 159 Å². The van der Waals surface area contributed by atoms with Gasteiger partial charge in [-0.3, -0.25) is 28.7 Å². The van der Waals surface area contributed by atoms with Gasteiger partial charge in [-0.05, 0) is 6.92 Å². The van der Waals surface area contributed by atoms with Gasteiger partial charge in [0.15, 0.2) is 12.3 Å². The van der Waals surface area contributed by atoms with E-state index in [1.807, 2.05) is 0 Å². The van der Waals surface area contributed by atoms with Crippen LogP contribution in [0.5, 0.6) is 0 Å². The molecule has 1 aliphatic heterocycles. The van der Waals surface area contributed by atoms with E-state index in [9.17, 15) is 24.0 Å². The Bertz CT molecular complexity index is 872. The van der Waals surface area contributed by atoms with Crippen LogP contribution < -0.4 is 11.2 Å². The number of hydrogen-bond acceptors (Lipinski definition) is 9. The van der Waals surface area contributed by atoms with Crippen molar-refractivity contribution in [1.29, 1.82) is 0 Å². The predicted molar refractivity (Wildman–Crippen MR) is 92.3 cm³/mol. The number of aryl methyl sites for hydroxylation is 1. The minimum atomic E-state index is -1.14. The van der Waals surface area contributed by atoms with Gasteiger partial charge in [-0.1, -0.05) is 0 Å². The molecule has 154 valence electrons. The molecular weight excluding hydrogens is 376 g/mol. The summed E-state index contributed by atoms with van der Waals surface area (Å²) < 4.78 is 21.9. The maximum atomic E-state index is 12.3. The fraction of sp³-hybridized carbons (Fsp3) is 0.588. The maximum absolute atomic E-state index is 12.3. The highest BCUT2D eigenvalue weighted by Gasteiger charge is 2.49. The molecular formula is C17H22N2O9. The molecule has 1 aliphatic rings. The van der Waals surface area contributed by atoms with E-state index >= 15 is 0 Å². The number of hydrogen-bond donors (Lipinski definition) is 1. The number of H-pyrrole nitrogens is 1. The Morgan fingerprint density at radius 3 is 2.46 bits per heavy atom. The molecule has 1 aromatic rings. The van der Waals surface area contributed by atoms with Gasteiger partial charge in [0.05, 0.1) is 13.5 Å². The molecule has 1 fully saturated rings. The third-order valence-electron chi connectivity index (χ3n) is 4.30. The average Bonchev–Trinajstić information content (AvgIpc) is 2.93. The van der Waals surface area contributed by atoms with E-state index in [4.69, 9.17) is 14.2 Å². The van der Waals surface area contributed by atoms with Crippen LogP contribution in [0.3, 0.4) is 0 Å². The molecule has 4 atom stereocenters. The first kappa shape index (κ1) is 21.4. The fourth-order valence-corrected chi connectivity index (χ4v) is 3.00. The third kappa shape index (κ3) is 4.85. The van der Waals surface area contributed by atoms with Crippen LogP contribution in [0.25, 0.3) is 0 Å². The molecule has 0 amide bonds. The maximum Gasteiger partial charge on any atom is 0.330 e. The highest BCUT2D eigenvalue weighted by Crippen LogP contribution is 2.38. The molecule has 11 heteroatoms. The van der Waals surface area contributed by atoms with Crippen LogP contribution in [0.15, 0.2) is 15.8 Å². The lowest BCUT2D eigenvalue weighted by Gasteiger charge is -2.23. The second-order valence-electron chi connectivity index (χ2n) is 6.36. The van der Waals surface area contributed by atoms with Crippen molar-refractivity contribution in [2.45, 2.75) is 45.6 Å². The van der Waals surface area contributed by atoms with Crippen molar-refractivity contribution >= 4 is 17.9 Å². The van der Waals surface area contributed by atoms with Gasteiger partial charge in [-0.2, -0.15) is 0 Å². The Kier molecular flexibility index (Phi) is 6.73. The van der Waals surface area contributed by atoms with E-state index in [0.29, 0.717) is 0 Å². The first-order valence-electron chi connectivity index (χ1n) is 8.49. The topological polar surface area (TPSA) is 143 Å². The molecule has 0 bridgehead atoms. The zero-order valence-corrected chi connectivity index (χ0v) is 15.9. The van der Waals surface area contributed by atoms with E-state index in [-0.39, 0.29) is 18.6 Å². The van der Waals surface area contributed by atoms with Crippen LogP contribution >= 0.6 is 0 Å². The number of carbonyl (C=O) groups excluding carboxylic acids is 3. The molecule has 2 rings (SSSR count). The van der Waals surface area contributed by atoms with Crippen molar-refractivity contribution in [3.8, 4) is 0 Å². The van der Waals surface area contributed by atoms with Crippen LogP contribution in [0.1, 0.15) is 32.1 Å². The monoisotopic (exact) mass is 398 g/mol. The number of esters is 3. The van der Waals surface area contributed by atoms with Gasteiger partial charge in [0.1, 0.15) is 12.7 Å². The Balaban J connectivity index is 2.47. The largest absolute Gasteiger partial charge is 0.469 e. The number of aromatic amines is 1. The standard InChI is InChI=1S/C17H22N2O9/c1-8-6-19(17(24)18-15(8)23)16-14(27-10(3)21)11(5-13(22)25-4)12(28-16)7-26-9(2)20/h6,11-12,14,16H,5,7H2,1-4H3,(H,18,23,24)/t11-,12+,14+,16+/m1/s1.